The fraction of sp³-hybridized carbons (Fsp3) is 0.200. The highest BCUT2D eigenvalue weighted by Crippen LogP contribution is 1.99. The molecule has 0 heterocycles. The van der Waals surface area contributed by atoms with Crippen LogP contribution in [0, 0.1) is 0 Å². The van der Waals surface area contributed by atoms with E-state index in [0.29, 0.717) is 0 Å². The number of amides is 1. The predicted octanol–water partition coefficient (Wildman–Crippen LogP) is 1.55. The van der Waals surface area contributed by atoms with Gasteiger partial charge in [0.2, 0.25) is 5.91 Å². The molecule has 1 aromatic rings. The molecule has 1 amide bonds. The van der Waals surface area contributed by atoms with Gasteiger partial charge >= 0.3 is 0 Å². The topological polar surface area (TPSA) is 41.5 Å². The van der Waals surface area contributed by atoms with Crippen molar-refractivity contribution in [3.8, 4) is 0 Å². The zero-order valence-electron chi connectivity index (χ0n) is 7.74. The lowest BCUT2D eigenvalue weighted by Gasteiger charge is -1.99. The number of carbonyl (C=O) groups is 1. The summed E-state index contributed by atoms with van der Waals surface area (Å²) in [5, 5.41) is 3.91. The minimum atomic E-state index is -0.157. The van der Waals surface area contributed by atoms with E-state index in [9.17, 15) is 4.79 Å². The van der Waals surface area contributed by atoms with Crippen LogP contribution < -0.4 is 5.43 Å². The molecule has 0 unspecified atom stereocenters. The van der Waals surface area contributed by atoms with Crippen LogP contribution in [0.15, 0.2) is 35.4 Å². The Morgan fingerprint density at radius 3 is 2.38 bits per heavy atom. The minimum absolute atomic E-state index is 0.157. The molecule has 0 radical (unpaired) electrons. The first-order valence-corrected chi connectivity index (χ1v) is 4.06. The average Bonchev–Trinajstić information content (AvgIpc) is 2.15. The summed E-state index contributed by atoms with van der Waals surface area (Å²) in [5.41, 5.74) is 4.20. The Labute approximate surface area is 77.5 Å². The van der Waals surface area contributed by atoms with E-state index in [2.05, 4.69) is 10.5 Å². The van der Waals surface area contributed by atoms with E-state index >= 15 is 0 Å². The van der Waals surface area contributed by atoms with Gasteiger partial charge in [-0.05, 0) is 12.5 Å². The van der Waals surface area contributed by atoms with Crippen molar-refractivity contribution in [2.24, 2.45) is 5.10 Å². The molecule has 13 heavy (non-hydrogen) atoms. The van der Waals surface area contributed by atoms with Crippen molar-refractivity contribution < 1.29 is 4.79 Å². The molecular weight excluding hydrogens is 164 g/mol. The first-order valence-electron chi connectivity index (χ1n) is 4.06. The number of benzene rings is 1. The molecular formula is C10H12N2O. The second-order valence-corrected chi connectivity index (χ2v) is 2.73. The molecule has 3 nitrogen and oxygen atoms in total. The maximum atomic E-state index is 10.6. The molecule has 0 atom stereocenters. The molecule has 1 rings (SSSR count). The third-order valence-corrected chi connectivity index (χ3v) is 1.57. The van der Waals surface area contributed by atoms with Gasteiger partial charge in [0.25, 0.3) is 0 Å². The first-order chi connectivity index (χ1) is 6.20. The molecule has 0 aliphatic heterocycles. The molecule has 1 aromatic carbocycles. The fourth-order valence-corrected chi connectivity index (χ4v) is 0.906. The fourth-order valence-electron chi connectivity index (χ4n) is 0.906. The van der Waals surface area contributed by atoms with Crippen molar-refractivity contribution in [1.29, 1.82) is 0 Å². The summed E-state index contributed by atoms with van der Waals surface area (Å²) in [6.07, 6.45) is 0. The average molecular weight is 176 g/mol. The third kappa shape index (κ3) is 3.07. The van der Waals surface area contributed by atoms with Gasteiger partial charge in [-0.25, -0.2) is 5.43 Å². The summed E-state index contributed by atoms with van der Waals surface area (Å²) in [6.45, 7) is 3.28. The van der Waals surface area contributed by atoms with Gasteiger partial charge in [0.05, 0.1) is 5.71 Å². The number of hydrogen-bond acceptors (Lipinski definition) is 2. The van der Waals surface area contributed by atoms with Gasteiger partial charge < -0.3 is 0 Å². The Bertz CT molecular complexity index is 317. The molecule has 0 fully saturated rings. The minimum Gasteiger partial charge on any atom is -0.274 e. The second-order valence-electron chi connectivity index (χ2n) is 2.73. The van der Waals surface area contributed by atoms with Crippen LogP contribution in [0.3, 0.4) is 0 Å². The van der Waals surface area contributed by atoms with Gasteiger partial charge in [-0.3, -0.25) is 4.79 Å². The van der Waals surface area contributed by atoms with Crippen molar-refractivity contribution in [2.45, 2.75) is 13.8 Å². The SMILES string of the molecule is CC(=O)N/N=C(\C)c1ccccc1. The summed E-state index contributed by atoms with van der Waals surface area (Å²) in [5.74, 6) is -0.157. The van der Waals surface area contributed by atoms with Crippen LogP contribution >= 0.6 is 0 Å². The van der Waals surface area contributed by atoms with Gasteiger partial charge in [-0.1, -0.05) is 30.3 Å². The highest BCUT2D eigenvalue weighted by atomic mass is 16.2. The Kier molecular flexibility index (Phi) is 3.20. The summed E-state index contributed by atoms with van der Waals surface area (Å²) >= 11 is 0. The Balaban J connectivity index is 2.73. The van der Waals surface area contributed by atoms with E-state index in [-0.39, 0.29) is 5.91 Å². The number of nitrogens with zero attached hydrogens (tertiary/aromatic N) is 1. The standard InChI is InChI=1S/C10H12N2O/c1-8(11-12-9(2)13)10-6-4-3-5-7-10/h3-7H,1-2H3,(H,12,13)/b11-8+. The smallest absolute Gasteiger partial charge is 0.236 e. The summed E-state index contributed by atoms with van der Waals surface area (Å²) < 4.78 is 0. The number of rotatable bonds is 2. The zero-order chi connectivity index (χ0) is 9.68. The van der Waals surface area contributed by atoms with Gasteiger partial charge in [0, 0.05) is 6.92 Å². The number of carbonyl (C=O) groups excluding carboxylic acids is 1. The van der Waals surface area contributed by atoms with E-state index in [1.807, 2.05) is 37.3 Å². The Hall–Kier alpha value is -1.64. The normalized spacial score (nSPS) is 11.1. The number of nitrogens with one attached hydrogen (secondary N) is 1. The van der Waals surface area contributed by atoms with Crippen LogP contribution in [-0.2, 0) is 4.79 Å². The van der Waals surface area contributed by atoms with Gasteiger partial charge in [0.1, 0.15) is 0 Å². The zero-order valence-corrected chi connectivity index (χ0v) is 7.74. The van der Waals surface area contributed by atoms with E-state index in [4.69, 9.17) is 0 Å². The maximum absolute atomic E-state index is 10.6. The van der Waals surface area contributed by atoms with Crippen molar-refractivity contribution >= 4 is 11.6 Å². The van der Waals surface area contributed by atoms with Crippen molar-refractivity contribution in [3.05, 3.63) is 35.9 Å². The Morgan fingerprint density at radius 2 is 1.85 bits per heavy atom. The molecule has 0 aromatic heterocycles. The van der Waals surface area contributed by atoms with Gasteiger partial charge in [0.15, 0.2) is 0 Å². The molecule has 0 bridgehead atoms. The predicted molar refractivity (Wildman–Crippen MR) is 52.5 cm³/mol. The maximum Gasteiger partial charge on any atom is 0.236 e. The molecule has 0 aliphatic rings. The molecule has 1 N–H and O–H groups in total. The number of hydrogen-bond donors (Lipinski definition) is 1. The van der Waals surface area contributed by atoms with Crippen molar-refractivity contribution in [3.63, 3.8) is 0 Å². The largest absolute Gasteiger partial charge is 0.274 e. The monoisotopic (exact) mass is 176 g/mol. The van der Waals surface area contributed by atoms with Crippen LogP contribution in [0.4, 0.5) is 0 Å². The summed E-state index contributed by atoms with van der Waals surface area (Å²) in [7, 11) is 0. The quantitative estimate of drug-likeness (QED) is 0.539. The molecule has 0 spiro atoms. The lowest BCUT2D eigenvalue weighted by molar-refractivity contribution is -0.118. The van der Waals surface area contributed by atoms with E-state index in [1.54, 1.807) is 0 Å². The third-order valence-electron chi connectivity index (χ3n) is 1.57. The molecule has 0 aliphatic carbocycles. The number of hydrazone groups is 1. The van der Waals surface area contributed by atoms with Gasteiger partial charge in [-0.15, -0.1) is 0 Å². The van der Waals surface area contributed by atoms with E-state index in [0.717, 1.165) is 11.3 Å². The lowest BCUT2D eigenvalue weighted by Crippen LogP contribution is -2.14. The molecule has 68 valence electrons. The Morgan fingerprint density at radius 1 is 1.23 bits per heavy atom. The summed E-state index contributed by atoms with van der Waals surface area (Å²) in [6, 6.07) is 9.70. The highest BCUT2D eigenvalue weighted by molar-refractivity contribution is 5.99. The lowest BCUT2D eigenvalue weighted by atomic mass is 10.1. The summed E-state index contributed by atoms with van der Waals surface area (Å²) in [4.78, 5) is 10.6. The van der Waals surface area contributed by atoms with Crippen LogP contribution in [0.25, 0.3) is 0 Å². The molecule has 3 heteroatoms. The second kappa shape index (κ2) is 4.40. The highest BCUT2D eigenvalue weighted by Gasteiger charge is 1.94. The van der Waals surface area contributed by atoms with Crippen LogP contribution in [0.5, 0.6) is 0 Å². The van der Waals surface area contributed by atoms with Crippen LogP contribution in [0.2, 0.25) is 0 Å². The van der Waals surface area contributed by atoms with Gasteiger partial charge in [-0.2, -0.15) is 5.10 Å². The van der Waals surface area contributed by atoms with Crippen molar-refractivity contribution in [2.75, 3.05) is 0 Å². The first kappa shape index (κ1) is 9.45. The van der Waals surface area contributed by atoms with E-state index < -0.39 is 0 Å². The van der Waals surface area contributed by atoms with Crippen LogP contribution in [0.1, 0.15) is 19.4 Å². The van der Waals surface area contributed by atoms with Crippen LogP contribution in [-0.4, -0.2) is 11.6 Å². The van der Waals surface area contributed by atoms with E-state index in [1.165, 1.54) is 6.92 Å². The van der Waals surface area contributed by atoms with Crippen molar-refractivity contribution in [1.82, 2.24) is 5.43 Å². The molecule has 0 saturated heterocycles. The molecule has 0 saturated carbocycles.